The fourth-order valence-electron chi connectivity index (χ4n) is 3.54. The van der Waals surface area contributed by atoms with Crippen molar-refractivity contribution in [2.75, 3.05) is 4.90 Å². The van der Waals surface area contributed by atoms with Gasteiger partial charge in [-0.1, -0.05) is 18.2 Å². The predicted octanol–water partition coefficient (Wildman–Crippen LogP) is 1.45. The van der Waals surface area contributed by atoms with Gasteiger partial charge in [-0.2, -0.15) is 4.31 Å². The molecule has 0 aliphatic carbocycles. The highest BCUT2D eigenvalue weighted by Gasteiger charge is 2.47. The molecule has 1 aliphatic rings. The van der Waals surface area contributed by atoms with Gasteiger partial charge in [0.05, 0.1) is 34.7 Å². The van der Waals surface area contributed by atoms with Crippen LogP contribution in [0.2, 0.25) is 0 Å². The summed E-state index contributed by atoms with van der Waals surface area (Å²) in [4.78, 5) is 26.7. The smallest absolute Gasteiger partial charge is 0.252 e. The number of carbonyl (C=O) groups excluding carboxylic acids is 2. The quantitative estimate of drug-likeness (QED) is 0.494. The molecular weight excluding hydrogens is 470 g/mol. The number of imide groups is 1. The molecule has 1 saturated heterocycles. The molecule has 10 nitrogen and oxygen atoms in total. The second kappa shape index (κ2) is 8.56. The third kappa shape index (κ3) is 4.46. The Morgan fingerprint density at radius 2 is 1.58 bits per heavy atom. The van der Waals surface area contributed by atoms with Gasteiger partial charge in [0.2, 0.25) is 26.0 Å². The Bertz CT molecular complexity index is 1390. The molecule has 2 heterocycles. The predicted molar refractivity (Wildman–Crippen MR) is 117 cm³/mol. The highest BCUT2D eigenvalue weighted by molar-refractivity contribution is 7.89. The maximum absolute atomic E-state index is 13.4. The molecule has 0 bridgehead atoms. The molecule has 2 N–H and O–H groups in total. The average molecular weight is 490 g/mol. The number of sulfonamides is 2. The second-order valence-corrected chi connectivity index (χ2v) is 10.7. The number of rotatable bonds is 7. The van der Waals surface area contributed by atoms with Crippen LogP contribution < -0.4 is 10.0 Å². The summed E-state index contributed by atoms with van der Waals surface area (Å²) in [6.07, 6.45) is 0.992. The Labute approximate surface area is 190 Å². The molecule has 0 saturated carbocycles. The van der Waals surface area contributed by atoms with Crippen LogP contribution >= 0.6 is 0 Å². The number of carbonyl (C=O) groups is 2. The van der Waals surface area contributed by atoms with E-state index < -0.39 is 37.9 Å². The molecular formula is C21H19N3O7S2. The van der Waals surface area contributed by atoms with E-state index in [0.29, 0.717) is 5.76 Å². The van der Waals surface area contributed by atoms with Crippen LogP contribution in [0.5, 0.6) is 0 Å². The zero-order valence-corrected chi connectivity index (χ0v) is 18.7. The largest absolute Gasteiger partial charge is 0.468 e. The molecule has 1 fully saturated rings. The lowest BCUT2D eigenvalue weighted by atomic mass is 10.2. The Morgan fingerprint density at radius 3 is 2.15 bits per heavy atom. The molecule has 33 heavy (non-hydrogen) atoms. The van der Waals surface area contributed by atoms with E-state index in [4.69, 9.17) is 9.56 Å². The SMILES string of the molecule is NS(=O)(=O)c1ccc(N2C(=O)CC(N(Cc3ccco3)S(=O)(=O)c3ccccc3)C2=O)cc1. The molecule has 2 amide bonds. The van der Waals surface area contributed by atoms with E-state index in [-0.39, 0.29) is 28.4 Å². The van der Waals surface area contributed by atoms with E-state index in [9.17, 15) is 26.4 Å². The van der Waals surface area contributed by atoms with Crippen molar-refractivity contribution in [3.05, 3.63) is 78.8 Å². The van der Waals surface area contributed by atoms with Crippen molar-refractivity contribution in [2.24, 2.45) is 5.14 Å². The fraction of sp³-hybridized carbons (Fsp3) is 0.143. The first-order valence-corrected chi connectivity index (χ1v) is 12.7. The highest BCUT2D eigenvalue weighted by atomic mass is 32.2. The summed E-state index contributed by atoms with van der Waals surface area (Å²) in [6.45, 7) is -0.258. The molecule has 172 valence electrons. The van der Waals surface area contributed by atoms with Gasteiger partial charge in [-0.05, 0) is 48.5 Å². The summed E-state index contributed by atoms with van der Waals surface area (Å²) >= 11 is 0. The number of anilines is 1. The van der Waals surface area contributed by atoms with Crippen molar-refractivity contribution in [1.29, 1.82) is 0 Å². The standard InChI is InChI=1S/C21H19N3O7S2/c22-32(27,28)17-10-8-15(9-11-17)24-20(25)13-19(21(24)26)23(14-16-5-4-12-31-16)33(29,30)18-6-2-1-3-7-18/h1-12,19H,13-14H2,(H2,22,27,28). The Hall–Kier alpha value is -3.32. The van der Waals surface area contributed by atoms with E-state index in [1.807, 2.05) is 0 Å². The maximum atomic E-state index is 13.4. The molecule has 1 atom stereocenters. The first-order chi connectivity index (χ1) is 15.6. The van der Waals surface area contributed by atoms with Crippen LogP contribution in [0, 0.1) is 0 Å². The normalized spacial score (nSPS) is 17.2. The summed E-state index contributed by atoms with van der Waals surface area (Å²) in [5.74, 6) is -1.08. The first kappa shape index (κ1) is 22.9. The topological polar surface area (TPSA) is 148 Å². The third-order valence-electron chi connectivity index (χ3n) is 5.14. The van der Waals surface area contributed by atoms with Gasteiger partial charge in [0, 0.05) is 0 Å². The van der Waals surface area contributed by atoms with E-state index in [1.54, 1.807) is 30.3 Å². The number of amides is 2. The number of furan rings is 1. The number of primary sulfonamides is 1. The number of nitrogens with two attached hydrogens (primary N) is 1. The van der Waals surface area contributed by atoms with Gasteiger partial charge >= 0.3 is 0 Å². The van der Waals surface area contributed by atoms with Crippen molar-refractivity contribution in [3.63, 3.8) is 0 Å². The van der Waals surface area contributed by atoms with Crippen molar-refractivity contribution in [3.8, 4) is 0 Å². The van der Waals surface area contributed by atoms with Crippen LogP contribution in [-0.2, 0) is 36.2 Å². The average Bonchev–Trinajstić information content (AvgIpc) is 3.39. The summed E-state index contributed by atoms with van der Waals surface area (Å²) < 4.78 is 56.0. The minimum Gasteiger partial charge on any atom is -0.468 e. The van der Waals surface area contributed by atoms with Crippen LogP contribution in [0.15, 0.2) is 87.2 Å². The van der Waals surface area contributed by atoms with Crippen LogP contribution in [0.3, 0.4) is 0 Å². The number of nitrogens with zero attached hydrogens (tertiary/aromatic N) is 2. The van der Waals surface area contributed by atoms with Gasteiger partial charge in [-0.25, -0.2) is 26.9 Å². The number of benzene rings is 2. The van der Waals surface area contributed by atoms with E-state index in [0.717, 1.165) is 9.21 Å². The zero-order valence-electron chi connectivity index (χ0n) is 17.1. The van der Waals surface area contributed by atoms with E-state index in [1.165, 1.54) is 42.7 Å². The molecule has 0 spiro atoms. The molecule has 1 aliphatic heterocycles. The molecule has 2 aromatic carbocycles. The zero-order chi connectivity index (χ0) is 23.8. The molecule has 1 unspecified atom stereocenters. The van der Waals surface area contributed by atoms with E-state index in [2.05, 4.69) is 0 Å². The van der Waals surface area contributed by atoms with Crippen molar-refractivity contribution in [2.45, 2.75) is 28.8 Å². The number of hydrogen-bond acceptors (Lipinski definition) is 7. The highest BCUT2D eigenvalue weighted by Crippen LogP contribution is 2.31. The molecule has 12 heteroatoms. The monoisotopic (exact) mass is 489 g/mol. The minimum atomic E-state index is -4.17. The molecule has 3 aromatic rings. The van der Waals surface area contributed by atoms with Crippen molar-refractivity contribution < 1.29 is 30.8 Å². The minimum absolute atomic E-state index is 0.0345. The van der Waals surface area contributed by atoms with Crippen LogP contribution in [0.1, 0.15) is 12.2 Å². The lowest BCUT2D eigenvalue weighted by molar-refractivity contribution is -0.122. The molecule has 1 aromatic heterocycles. The van der Waals surface area contributed by atoms with Gasteiger partial charge in [0.1, 0.15) is 11.8 Å². The molecule has 4 rings (SSSR count). The van der Waals surface area contributed by atoms with Gasteiger partial charge < -0.3 is 4.42 Å². The Kier molecular flexibility index (Phi) is 5.93. The van der Waals surface area contributed by atoms with Gasteiger partial charge in [0.25, 0.3) is 5.91 Å². The summed E-state index contributed by atoms with van der Waals surface area (Å²) in [6, 6.07) is 14.3. The lowest BCUT2D eigenvalue weighted by Crippen LogP contribution is -2.45. The van der Waals surface area contributed by atoms with Crippen LogP contribution in [0.4, 0.5) is 5.69 Å². The van der Waals surface area contributed by atoms with E-state index >= 15 is 0 Å². The Morgan fingerprint density at radius 1 is 0.909 bits per heavy atom. The van der Waals surface area contributed by atoms with Gasteiger partial charge in [0.15, 0.2) is 0 Å². The summed E-state index contributed by atoms with van der Waals surface area (Å²) in [7, 11) is -8.13. The Balaban J connectivity index is 1.71. The summed E-state index contributed by atoms with van der Waals surface area (Å²) in [5.41, 5.74) is 0.106. The lowest BCUT2D eigenvalue weighted by Gasteiger charge is -2.26. The first-order valence-electron chi connectivity index (χ1n) is 9.68. The summed E-state index contributed by atoms with van der Waals surface area (Å²) in [5, 5.41) is 5.09. The third-order valence-corrected chi connectivity index (χ3v) is 7.93. The van der Waals surface area contributed by atoms with Crippen molar-refractivity contribution >= 4 is 37.5 Å². The van der Waals surface area contributed by atoms with Gasteiger partial charge in [-0.15, -0.1) is 0 Å². The second-order valence-electron chi connectivity index (χ2n) is 7.27. The number of hydrogen-bond donors (Lipinski definition) is 1. The van der Waals surface area contributed by atoms with Crippen molar-refractivity contribution in [1.82, 2.24) is 4.31 Å². The van der Waals surface area contributed by atoms with Crippen LogP contribution in [-0.4, -0.2) is 39.0 Å². The molecule has 0 radical (unpaired) electrons. The maximum Gasteiger partial charge on any atom is 0.252 e. The van der Waals surface area contributed by atoms with Gasteiger partial charge in [-0.3, -0.25) is 9.59 Å². The fourth-order valence-corrected chi connectivity index (χ4v) is 5.63. The van der Waals surface area contributed by atoms with Crippen LogP contribution in [0.25, 0.3) is 0 Å².